The summed E-state index contributed by atoms with van der Waals surface area (Å²) in [6.07, 6.45) is 4.36. The Balaban J connectivity index is 3.43. The average Bonchev–Trinajstić information content (AvgIpc) is 1.64. The van der Waals surface area contributed by atoms with Gasteiger partial charge in [-0.15, -0.1) is 0 Å². The van der Waals surface area contributed by atoms with Crippen LogP contribution in [0.4, 0.5) is 0 Å². The fourth-order valence-corrected chi connectivity index (χ4v) is 1.12. The zero-order chi connectivity index (χ0) is 7.33. The molecule has 0 spiro atoms. The van der Waals surface area contributed by atoms with Crippen LogP contribution in [0, 0.1) is 6.92 Å². The van der Waals surface area contributed by atoms with Crippen LogP contribution in [0.25, 0.3) is 0 Å². The highest BCUT2D eigenvalue weighted by Crippen LogP contribution is 2.13. The predicted octanol–water partition coefficient (Wildman–Crippen LogP) is 2.12. The van der Waals surface area contributed by atoms with E-state index in [0.717, 1.165) is 25.7 Å². The maximum absolute atomic E-state index is 5.83. The van der Waals surface area contributed by atoms with E-state index in [0.29, 0.717) is 0 Å². The van der Waals surface area contributed by atoms with Gasteiger partial charge < -0.3 is 5.73 Å². The molecule has 0 aliphatic carbocycles. The molecule has 0 saturated carbocycles. The van der Waals surface area contributed by atoms with Crippen LogP contribution in [0.15, 0.2) is 0 Å². The van der Waals surface area contributed by atoms with E-state index >= 15 is 0 Å². The lowest BCUT2D eigenvalue weighted by Gasteiger charge is -2.22. The Morgan fingerprint density at radius 2 is 1.56 bits per heavy atom. The van der Waals surface area contributed by atoms with Gasteiger partial charge in [-0.1, -0.05) is 26.7 Å². The minimum Gasteiger partial charge on any atom is -0.325 e. The van der Waals surface area contributed by atoms with Crippen molar-refractivity contribution < 1.29 is 0 Å². The van der Waals surface area contributed by atoms with Gasteiger partial charge in [-0.25, -0.2) is 0 Å². The van der Waals surface area contributed by atoms with E-state index in [1.807, 2.05) is 0 Å². The molecule has 1 heteroatoms. The highest BCUT2D eigenvalue weighted by molar-refractivity contribution is 4.85. The van der Waals surface area contributed by atoms with E-state index in [-0.39, 0.29) is 5.54 Å². The van der Waals surface area contributed by atoms with Crippen LogP contribution in [0.3, 0.4) is 0 Å². The molecule has 0 aromatic rings. The van der Waals surface area contributed by atoms with Crippen LogP contribution in [-0.4, -0.2) is 5.54 Å². The van der Waals surface area contributed by atoms with Gasteiger partial charge in [-0.05, 0) is 19.8 Å². The van der Waals surface area contributed by atoms with E-state index in [1.165, 1.54) is 0 Å². The normalized spacial score (nSPS) is 12.0. The van der Waals surface area contributed by atoms with E-state index in [2.05, 4.69) is 20.8 Å². The topological polar surface area (TPSA) is 26.0 Å². The second-order valence-corrected chi connectivity index (χ2v) is 2.86. The van der Waals surface area contributed by atoms with Gasteiger partial charge in [0, 0.05) is 5.54 Å². The zero-order valence-corrected chi connectivity index (χ0v) is 6.61. The van der Waals surface area contributed by atoms with Crippen LogP contribution in [0.5, 0.6) is 0 Å². The molecule has 0 aromatic heterocycles. The molecule has 1 nitrogen and oxygen atoms in total. The third kappa shape index (κ3) is 4.46. The first kappa shape index (κ1) is 8.96. The van der Waals surface area contributed by atoms with Crippen LogP contribution >= 0.6 is 0 Å². The summed E-state index contributed by atoms with van der Waals surface area (Å²) in [7, 11) is 0. The van der Waals surface area contributed by atoms with Crippen LogP contribution in [0.1, 0.15) is 39.5 Å². The van der Waals surface area contributed by atoms with Gasteiger partial charge in [-0.3, -0.25) is 0 Å². The van der Waals surface area contributed by atoms with Crippen molar-refractivity contribution in [2.75, 3.05) is 0 Å². The van der Waals surface area contributed by atoms with Crippen molar-refractivity contribution in [1.29, 1.82) is 0 Å². The summed E-state index contributed by atoms with van der Waals surface area (Å²) in [4.78, 5) is 0. The maximum atomic E-state index is 5.83. The van der Waals surface area contributed by atoms with E-state index in [1.54, 1.807) is 0 Å². The van der Waals surface area contributed by atoms with Crippen LogP contribution in [-0.2, 0) is 0 Å². The van der Waals surface area contributed by atoms with E-state index < -0.39 is 0 Å². The molecule has 0 fully saturated rings. The van der Waals surface area contributed by atoms with Crippen molar-refractivity contribution in [2.24, 2.45) is 5.73 Å². The summed E-state index contributed by atoms with van der Waals surface area (Å²) < 4.78 is 0. The van der Waals surface area contributed by atoms with Crippen molar-refractivity contribution >= 4 is 0 Å². The maximum Gasteiger partial charge on any atom is 0.0154 e. The molecule has 0 unspecified atom stereocenters. The summed E-state index contributed by atoms with van der Waals surface area (Å²) in [6, 6.07) is 0. The summed E-state index contributed by atoms with van der Waals surface area (Å²) in [5, 5.41) is 0. The minimum absolute atomic E-state index is 0.149. The monoisotopic (exact) mass is 128 g/mol. The highest BCUT2D eigenvalue weighted by Gasteiger charge is 2.14. The standard InChI is InChI=1S/C8H18N/c1-4-6-8(3,9)7-5-2/h3-7,9H2,1-2H3. The SMILES string of the molecule is [CH2]C(N)(CCC)CCC. The Bertz CT molecular complexity index is 59.0. The minimum atomic E-state index is -0.149. The largest absolute Gasteiger partial charge is 0.325 e. The summed E-state index contributed by atoms with van der Waals surface area (Å²) >= 11 is 0. The van der Waals surface area contributed by atoms with Crippen molar-refractivity contribution in [2.45, 2.75) is 45.1 Å². The average molecular weight is 128 g/mol. The molecule has 1 radical (unpaired) electrons. The molecule has 9 heavy (non-hydrogen) atoms. The Hall–Kier alpha value is -0.0400. The Morgan fingerprint density at radius 1 is 1.22 bits per heavy atom. The number of hydrogen-bond acceptors (Lipinski definition) is 1. The van der Waals surface area contributed by atoms with E-state index in [9.17, 15) is 0 Å². The van der Waals surface area contributed by atoms with E-state index in [4.69, 9.17) is 5.73 Å². The molecule has 55 valence electrons. The first-order valence-electron chi connectivity index (χ1n) is 3.76. The van der Waals surface area contributed by atoms with Gasteiger partial charge in [0.2, 0.25) is 0 Å². The molecular weight excluding hydrogens is 110 g/mol. The third-order valence-electron chi connectivity index (χ3n) is 1.50. The number of hydrogen-bond donors (Lipinski definition) is 1. The van der Waals surface area contributed by atoms with Gasteiger partial charge in [0.25, 0.3) is 0 Å². The number of nitrogens with two attached hydrogens (primary N) is 1. The van der Waals surface area contributed by atoms with Gasteiger partial charge in [0.1, 0.15) is 0 Å². The second-order valence-electron chi connectivity index (χ2n) is 2.86. The smallest absolute Gasteiger partial charge is 0.0154 e. The lowest BCUT2D eigenvalue weighted by atomic mass is 9.92. The predicted molar refractivity (Wildman–Crippen MR) is 42.1 cm³/mol. The van der Waals surface area contributed by atoms with Crippen LogP contribution in [0.2, 0.25) is 0 Å². The van der Waals surface area contributed by atoms with Crippen molar-refractivity contribution in [3.05, 3.63) is 6.92 Å². The Morgan fingerprint density at radius 3 is 1.78 bits per heavy atom. The fraction of sp³-hybridized carbons (Fsp3) is 0.875. The molecule has 2 N–H and O–H groups in total. The zero-order valence-electron chi connectivity index (χ0n) is 6.61. The number of rotatable bonds is 4. The molecular formula is C8H18N. The molecule has 0 atom stereocenters. The lowest BCUT2D eigenvalue weighted by molar-refractivity contribution is 0.437. The summed E-state index contributed by atoms with van der Waals surface area (Å²) in [5.74, 6) is 0. The molecule has 0 rings (SSSR count). The Kier molecular flexibility index (Phi) is 3.87. The molecule has 0 heterocycles. The summed E-state index contributed by atoms with van der Waals surface area (Å²) in [5.41, 5.74) is 5.68. The lowest BCUT2D eigenvalue weighted by Crippen LogP contribution is -2.35. The van der Waals surface area contributed by atoms with Crippen molar-refractivity contribution in [1.82, 2.24) is 0 Å². The fourth-order valence-electron chi connectivity index (χ4n) is 1.12. The molecule has 0 amide bonds. The Labute approximate surface area is 58.6 Å². The molecule has 0 aromatic carbocycles. The quantitative estimate of drug-likeness (QED) is 0.616. The van der Waals surface area contributed by atoms with Gasteiger partial charge in [0.05, 0.1) is 0 Å². The van der Waals surface area contributed by atoms with Crippen molar-refractivity contribution in [3.8, 4) is 0 Å². The van der Waals surface area contributed by atoms with Crippen molar-refractivity contribution in [3.63, 3.8) is 0 Å². The molecule has 0 saturated heterocycles. The van der Waals surface area contributed by atoms with Gasteiger partial charge >= 0.3 is 0 Å². The van der Waals surface area contributed by atoms with Gasteiger partial charge in [-0.2, -0.15) is 0 Å². The summed E-state index contributed by atoms with van der Waals surface area (Å²) in [6.45, 7) is 8.21. The first-order valence-corrected chi connectivity index (χ1v) is 3.76. The first-order chi connectivity index (χ1) is 4.12. The molecule has 0 aliphatic heterocycles. The molecule has 0 aliphatic rings. The molecule has 0 bridgehead atoms. The second kappa shape index (κ2) is 3.89. The highest BCUT2D eigenvalue weighted by atomic mass is 14.7. The van der Waals surface area contributed by atoms with Gasteiger partial charge in [0.15, 0.2) is 0 Å². The van der Waals surface area contributed by atoms with Crippen LogP contribution < -0.4 is 5.73 Å². The third-order valence-corrected chi connectivity index (χ3v) is 1.50.